The van der Waals surface area contributed by atoms with Crippen LogP contribution < -0.4 is 16.2 Å². The molecule has 0 bridgehead atoms. The molecule has 0 unspecified atom stereocenters. The van der Waals surface area contributed by atoms with E-state index in [0.29, 0.717) is 12.2 Å². The Kier molecular flexibility index (Phi) is 4.74. The molecule has 1 amide bonds. The van der Waals surface area contributed by atoms with Gasteiger partial charge in [0.05, 0.1) is 6.54 Å². The quantitative estimate of drug-likeness (QED) is 0.654. The second-order valence-corrected chi connectivity index (χ2v) is 4.76. The zero-order chi connectivity index (χ0) is 15.2. The summed E-state index contributed by atoms with van der Waals surface area (Å²) in [6.45, 7) is 5.91. The number of hydrazine groups is 1. The highest BCUT2D eigenvalue weighted by atomic mass is 16.2. The molecular formula is C17H19N3O. The smallest absolute Gasteiger partial charge is 0.224 e. The molecule has 108 valence electrons. The van der Waals surface area contributed by atoms with Crippen LogP contribution in [0.5, 0.6) is 0 Å². The predicted molar refractivity (Wildman–Crippen MR) is 86.1 cm³/mol. The Morgan fingerprint density at radius 2 is 1.76 bits per heavy atom. The molecule has 2 aromatic carbocycles. The van der Waals surface area contributed by atoms with Gasteiger partial charge < -0.3 is 10.3 Å². The second kappa shape index (κ2) is 6.72. The summed E-state index contributed by atoms with van der Waals surface area (Å²) in [4.78, 5) is 13.6. The molecule has 0 radical (unpaired) electrons. The molecule has 0 atom stereocenters. The number of para-hydroxylation sites is 1. The molecule has 0 saturated heterocycles. The van der Waals surface area contributed by atoms with Crippen molar-refractivity contribution in [3.8, 4) is 0 Å². The van der Waals surface area contributed by atoms with Gasteiger partial charge in [-0.3, -0.25) is 10.6 Å². The van der Waals surface area contributed by atoms with E-state index in [9.17, 15) is 4.79 Å². The number of nitrogens with two attached hydrogens (primary N) is 1. The van der Waals surface area contributed by atoms with E-state index in [-0.39, 0.29) is 5.91 Å². The number of nitrogens with zero attached hydrogens (tertiary/aromatic N) is 1. The predicted octanol–water partition coefficient (Wildman–Crippen LogP) is 2.67. The van der Waals surface area contributed by atoms with Crippen LogP contribution in [0.3, 0.4) is 0 Å². The molecule has 4 heteroatoms. The van der Waals surface area contributed by atoms with Gasteiger partial charge in [-0.25, -0.2) is 0 Å². The number of amides is 1. The fourth-order valence-corrected chi connectivity index (χ4v) is 2.07. The molecule has 0 aliphatic carbocycles. The minimum absolute atomic E-state index is 0.0123. The molecule has 0 aliphatic heterocycles. The zero-order valence-corrected chi connectivity index (χ0v) is 12.0. The number of nitrogens with one attached hydrogen (secondary N) is 1. The van der Waals surface area contributed by atoms with Crippen LogP contribution in [0.2, 0.25) is 0 Å². The van der Waals surface area contributed by atoms with Crippen LogP contribution >= 0.6 is 0 Å². The molecule has 0 fully saturated rings. The summed E-state index contributed by atoms with van der Waals surface area (Å²) >= 11 is 0. The maximum atomic E-state index is 11.9. The third-order valence-electron chi connectivity index (χ3n) is 3.27. The van der Waals surface area contributed by atoms with Crippen molar-refractivity contribution in [3.05, 3.63) is 72.3 Å². The highest BCUT2D eigenvalue weighted by Crippen LogP contribution is 2.18. The molecule has 2 rings (SSSR count). The van der Waals surface area contributed by atoms with Gasteiger partial charge in [0.1, 0.15) is 0 Å². The van der Waals surface area contributed by atoms with Crippen LogP contribution in [0.1, 0.15) is 18.1 Å². The van der Waals surface area contributed by atoms with Gasteiger partial charge in [-0.2, -0.15) is 0 Å². The van der Waals surface area contributed by atoms with Crippen molar-refractivity contribution in [2.75, 3.05) is 4.90 Å². The summed E-state index contributed by atoms with van der Waals surface area (Å²) in [7, 11) is 0. The minimum atomic E-state index is 0.0123. The molecular weight excluding hydrogens is 262 g/mol. The van der Waals surface area contributed by atoms with Crippen molar-refractivity contribution in [2.45, 2.75) is 13.5 Å². The summed E-state index contributed by atoms with van der Waals surface area (Å²) in [6, 6.07) is 17.4. The Hall–Kier alpha value is -2.59. The summed E-state index contributed by atoms with van der Waals surface area (Å²) in [6.07, 6.45) is 0. The first-order chi connectivity index (χ1) is 10.1. The standard InChI is InChI=1S/C17H19N3O/c1-13(19-18)16-10-8-15(9-11-16)12-20(14(2)21)17-6-4-3-5-7-17/h3-11,19H,1,12,18H2,2H3. The van der Waals surface area contributed by atoms with Gasteiger partial charge >= 0.3 is 0 Å². The van der Waals surface area contributed by atoms with Gasteiger partial charge in [0.2, 0.25) is 5.91 Å². The Morgan fingerprint density at radius 1 is 1.14 bits per heavy atom. The third-order valence-corrected chi connectivity index (χ3v) is 3.27. The van der Waals surface area contributed by atoms with Crippen molar-refractivity contribution in [1.82, 2.24) is 5.43 Å². The normalized spacial score (nSPS) is 10.0. The fourth-order valence-electron chi connectivity index (χ4n) is 2.07. The minimum Gasteiger partial charge on any atom is -0.324 e. The van der Waals surface area contributed by atoms with E-state index in [2.05, 4.69) is 12.0 Å². The third kappa shape index (κ3) is 3.70. The maximum Gasteiger partial charge on any atom is 0.224 e. The molecule has 3 N–H and O–H groups in total. The topological polar surface area (TPSA) is 58.4 Å². The van der Waals surface area contributed by atoms with Crippen LogP contribution in [-0.2, 0) is 11.3 Å². The van der Waals surface area contributed by atoms with Crippen molar-refractivity contribution in [2.24, 2.45) is 5.84 Å². The Morgan fingerprint density at radius 3 is 2.29 bits per heavy atom. The lowest BCUT2D eigenvalue weighted by atomic mass is 10.1. The fraction of sp³-hybridized carbons (Fsp3) is 0.118. The van der Waals surface area contributed by atoms with Gasteiger partial charge in [-0.1, -0.05) is 49.0 Å². The van der Waals surface area contributed by atoms with Gasteiger partial charge in [0, 0.05) is 18.3 Å². The van der Waals surface area contributed by atoms with Crippen LogP contribution in [0.4, 0.5) is 5.69 Å². The molecule has 0 saturated carbocycles. The molecule has 2 aromatic rings. The van der Waals surface area contributed by atoms with Gasteiger partial charge in [0.25, 0.3) is 0 Å². The van der Waals surface area contributed by atoms with Gasteiger partial charge in [0.15, 0.2) is 0 Å². The summed E-state index contributed by atoms with van der Waals surface area (Å²) in [5.74, 6) is 5.35. The second-order valence-electron chi connectivity index (χ2n) is 4.76. The van der Waals surface area contributed by atoms with E-state index in [1.54, 1.807) is 11.8 Å². The van der Waals surface area contributed by atoms with Crippen LogP contribution in [0, 0.1) is 0 Å². The van der Waals surface area contributed by atoms with Gasteiger partial charge in [-0.15, -0.1) is 0 Å². The number of carbonyl (C=O) groups excluding carboxylic acids is 1. The average Bonchev–Trinajstić information content (AvgIpc) is 2.53. The van der Waals surface area contributed by atoms with E-state index in [1.807, 2.05) is 54.6 Å². The molecule has 21 heavy (non-hydrogen) atoms. The molecule has 0 heterocycles. The first-order valence-corrected chi connectivity index (χ1v) is 6.70. The molecule has 4 nitrogen and oxygen atoms in total. The number of rotatable bonds is 5. The average molecular weight is 281 g/mol. The SMILES string of the molecule is C=C(NN)c1ccc(CN(C(C)=O)c2ccccc2)cc1. The van der Waals surface area contributed by atoms with E-state index in [0.717, 1.165) is 16.8 Å². The number of benzene rings is 2. The zero-order valence-electron chi connectivity index (χ0n) is 12.0. The lowest BCUT2D eigenvalue weighted by Gasteiger charge is -2.21. The number of carbonyl (C=O) groups is 1. The van der Waals surface area contributed by atoms with Crippen molar-refractivity contribution in [1.29, 1.82) is 0 Å². The molecule has 0 spiro atoms. The van der Waals surface area contributed by atoms with E-state index >= 15 is 0 Å². The van der Waals surface area contributed by atoms with Crippen LogP contribution in [0.25, 0.3) is 5.70 Å². The van der Waals surface area contributed by atoms with Crippen LogP contribution in [-0.4, -0.2) is 5.91 Å². The number of hydrogen-bond acceptors (Lipinski definition) is 3. The van der Waals surface area contributed by atoms with Gasteiger partial charge in [-0.05, 0) is 23.3 Å². The lowest BCUT2D eigenvalue weighted by Crippen LogP contribution is -2.27. The van der Waals surface area contributed by atoms with E-state index < -0.39 is 0 Å². The monoisotopic (exact) mass is 281 g/mol. The Labute approximate surface area is 124 Å². The maximum absolute atomic E-state index is 11.9. The van der Waals surface area contributed by atoms with E-state index in [4.69, 9.17) is 5.84 Å². The van der Waals surface area contributed by atoms with Crippen molar-refractivity contribution in [3.63, 3.8) is 0 Å². The van der Waals surface area contributed by atoms with Crippen LogP contribution in [0.15, 0.2) is 61.2 Å². The van der Waals surface area contributed by atoms with E-state index in [1.165, 1.54) is 0 Å². The largest absolute Gasteiger partial charge is 0.324 e. The number of hydrogen-bond donors (Lipinski definition) is 2. The lowest BCUT2D eigenvalue weighted by molar-refractivity contribution is -0.116. The summed E-state index contributed by atoms with van der Waals surface area (Å²) in [5, 5.41) is 0. The molecule has 0 aliphatic rings. The molecule has 0 aromatic heterocycles. The van der Waals surface area contributed by atoms with Crippen molar-refractivity contribution >= 4 is 17.3 Å². The summed E-state index contributed by atoms with van der Waals surface area (Å²) < 4.78 is 0. The first kappa shape index (κ1) is 14.8. The summed E-state index contributed by atoms with van der Waals surface area (Å²) in [5.41, 5.74) is 6.05. The highest BCUT2D eigenvalue weighted by Gasteiger charge is 2.11. The highest BCUT2D eigenvalue weighted by molar-refractivity contribution is 5.91. The number of anilines is 1. The first-order valence-electron chi connectivity index (χ1n) is 6.70. The van der Waals surface area contributed by atoms with Crippen molar-refractivity contribution < 1.29 is 4.79 Å². The Bertz CT molecular complexity index is 620. The Balaban J connectivity index is 2.18.